The van der Waals surface area contributed by atoms with Crippen molar-refractivity contribution in [3.05, 3.63) is 24.3 Å². The van der Waals surface area contributed by atoms with E-state index in [4.69, 9.17) is 10.5 Å². The number of nitrogens with one attached hydrogen (secondary N) is 1. The maximum absolute atomic E-state index is 11.7. The fourth-order valence-corrected chi connectivity index (χ4v) is 2.11. The fourth-order valence-electron chi connectivity index (χ4n) is 2.11. The first kappa shape index (κ1) is 12.7. The molecule has 0 aliphatic heterocycles. The van der Waals surface area contributed by atoms with Gasteiger partial charge in [0.2, 0.25) is 0 Å². The molecule has 1 unspecified atom stereocenters. The summed E-state index contributed by atoms with van der Waals surface area (Å²) in [5.74, 6) is 1.11. The molecule has 0 aromatic heterocycles. The van der Waals surface area contributed by atoms with E-state index in [-0.39, 0.29) is 18.6 Å². The fraction of sp³-hybridized carbons (Fsp3) is 0.500. The topological polar surface area (TPSA) is 64.3 Å². The Morgan fingerprint density at radius 1 is 1.50 bits per heavy atom. The van der Waals surface area contributed by atoms with Gasteiger partial charge < -0.3 is 15.8 Å². The summed E-state index contributed by atoms with van der Waals surface area (Å²) >= 11 is 0. The van der Waals surface area contributed by atoms with Crippen molar-refractivity contribution in [1.82, 2.24) is 5.32 Å². The molecule has 3 N–H and O–H groups in total. The van der Waals surface area contributed by atoms with Crippen LogP contribution in [0.15, 0.2) is 24.3 Å². The molecule has 1 fully saturated rings. The minimum Gasteiger partial charge on any atom is -0.482 e. The molecule has 1 aromatic carbocycles. The van der Waals surface area contributed by atoms with Crippen molar-refractivity contribution in [3.63, 3.8) is 0 Å². The molecule has 1 aromatic rings. The molecule has 1 saturated carbocycles. The lowest BCUT2D eigenvalue weighted by atomic mass is 9.80. The van der Waals surface area contributed by atoms with Gasteiger partial charge in [0.1, 0.15) is 5.75 Å². The van der Waals surface area contributed by atoms with E-state index in [1.54, 1.807) is 12.1 Å². The van der Waals surface area contributed by atoms with Crippen LogP contribution >= 0.6 is 0 Å². The number of anilines is 1. The predicted molar refractivity (Wildman–Crippen MR) is 71.3 cm³/mol. The van der Waals surface area contributed by atoms with E-state index in [2.05, 4.69) is 12.2 Å². The summed E-state index contributed by atoms with van der Waals surface area (Å²) in [7, 11) is 0. The Morgan fingerprint density at radius 3 is 2.83 bits per heavy atom. The number of amides is 1. The van der Waals surface area contributed by atoms with Gasteiger partial charge in [-0.3, -0.25) is 4.79 Å². The van der Waals surface area contributed by atoms with Crippen molar-refractivity contribution < 1.29 is 9.53 Å². The van der Waals surface area contributed by atoms with Gasteiger partial charge in [0.15, 0.2) is 6.61 Å². The van der Waals surface area contributed by atoms with Crippen molar-refractivity contribution in [2.24, 2.45) is 5.92 Å². The first-order valence-corrected chi connectivity index (χ1v) is 6.43. The van der Waals surface area contributed by atoms with Crippen LogP contribution in [0.3, 0.4) is 0 Å². The Hall–Kier alpha value is -1.71. The Kier molecular flexibility index (Phi) is 4.07. The summed E-state index contributed by atoms with van der Waals surface area (Å²) in [6.07, 6.45) is 3.71. The van der Waals surface area contributed by atoms with Crippen molar-refractivity contribution >= 4 is 11.6 Å². The average Bonchev–Trinajstić information content (AvgIpc) is 2.25. The maximum atomic E-state index is 11.7. The van der Waals surface area contributed by atoms with E-state index >= 15 is 0 Å². The van der Waals surface area contributed by atoms with E-state index in [0.29, 0.717) is 17.4 Å². The summed E-state index contributed by atoms with van der Waals surface area (Å²) in [4.78, 5) is 11.7. The number of rotatable bonds is 5. The average molecular weight is 248 g/mol. The molecule has 0 heterocycles. The molecular weight excluding hydrogens is 228 g/mol. The minimum atomic E-state index is -0.0855. The van der Waals surface area contributed by atoms with Gasteiger partial charge in [-0.2, -0.15) is 0 Å². The molecule has 1 amide bonds. The zero-order valence-corrected chi connectivity index (χ0v) is 10.7. The molecule has 1 aliphatic carbocycles. The van der Waals surface area contributed by atoms with Crippen LogP contribution in [0.25, 0.3) is 0 Å². The summed E-state index contributed by atoms with van der Waals surface area (Å²) < 4.78 is 5.39. The number of hydrogen-bond acceptors (Lipinski definition) is 3. The largest absolute Gasteiger partial charge is 0.482 e. The Balaban J connectivity index is 1.76. The number of carbonyl (C=O) groups excluding carboxylic acids is 1. The SMILES string of the molecule is CC(NC(=O)COc1ccccc1N)C1CCC1. The van der Waals surface area contributed by atoms with Crippen molar-refractivity contribution in [1.29, 1.82) is 0 Å². The zero-order chi connectivity index (χ0) is 13.0. The van der Waals surface area contributed by atoms with Crippen LogP contribution in [0, 0.1) is 5.92 Å². The van der Waals surface area contributed by atoms with Gasteiger partial charge >= 0.3 is 0 Å². The smallest absolute Gasteiger partial charge is 0.258 e. The van der Waals surface area contributed by atoms with E-state index in [1.165, 1.54) is 19.3 Å². The van der Waals surface area contributed by atoms with Gasteiger partial charge in [-0.15, -0.1) is 0 Å². The molecule has 0 bridgehead atoms. The number of nitrogen functional groups attached to an aromatic ring is 1. The number of nitrogens with two attached hydrogens (primary N) is 1. The molecule has 98 valence electrons. The van der Waals surface area contributed by atoms with Crippen LogP contribution < -0.4 is 15.8 Å². The molecule has 0 spiro atoms. The highest BCUT2D eigenvalue weighted by Gasteiger charge is 2.24. The van der Waals surface area contributed by atoms with Crippen LogP contribution in [0.4, 0.5) is 5.69 Å². The Labute approximate surface area is 108 Å². The molecule has 18 heavy (non-hydrogen) atoms. The molecule has 1 aliphatic rings. The number of hydrogen-bond donors (Lipinski definition) is 2. The molecule has 1 atom stereocenters. The van der Waals surface area contributed by atoms with Crippen molar-refractivity contribution in [2.45, 2.75) is 32.2 Å². The second-order valence-electron chi connectivity index (χ2n) is 4.87. The summed E-state index contributed by atoms with van der Waals surface area (Å²) in [5.41, 5.74) is 6.28. The van der Waals surface area contributed by atoms with Crippen LogP contribution in [0.5, 0.6) is 5.75 Å². The molecule has 4 nitrogen and oxygen atoms in total. The predicted octanol–water partition coefficient (Wildman–Crippen LogP) is 1.95. The van der Waals surface area contributed by atoms with Gasteiger partial charge in [-0.05, 0) is 37.8 Å². The Bertz CT molecular complexity index is 416. The summed E-state index contributed by atoms with van der Waals surface area (Å²) in [6.45, 7) is 2.07. The summed E-state index contributed by atoms with van der Waals surface area (Å²) in [5, 5.41) is 2.97. The number of benzene rings is 1. The lowest BCUT2D eigenvalue weighted by Crippen LogP contribution is -2.42. The highest BCUT2D eigenvalue weighted by atomic mass is 16.5. The van der Waals surface area contributed by atoms with Gasteiger partial charge in [0.25, 0.3) is 5.91 Å². The molecule has 4 heteroatoms. The molecule has 0 saturated heterocycles. The summed E-state index contributed by atoms with van der Waals surface area (Å²) in [6, 6.07) is 7.42. The number of para-hydroxylation sites is 2. The van der Waals surface area contributed by atoms with E-state index in [0.717, 1.165) is 0 Å². The van der Waals surface area contributed by atoms with Crippen LogP contribution in [-0.2, 0) is 4.79 Å². The van der Waals surface area contributed by atoms with Crippen LogP contribution in [0.1, 0.15) is 26.2 Å². The van der Waals surface area contributed by atoms with Crippen molar-refractivity contribution in [3.8, 4) is 5.75 Å². The molecular formula is C14H20N2O2. The Morgan fingerprint density at radius 2 is 2.22 bits per heavy atom. The highest BCUT2D eigenvalue weighted by Crippen LogP contribution is 2.29. The lowest BCUT2D eigenvalue weighted by molar-refractivity contribution is -0.124. The lowest BCUT2D eigenvalue weighted by Gasteiger charge is -2.31. The third-order valence-corrected chi connectivity index (χ3v) is 3.52. The molecule has 2 rings (SSSR count). The van der Waals surface area contributed by atoms with Gasteiger partial charge in [0.05, 0.1) is 5.69 Å². The van der Waals surface area contributed by atoms with E-state index in [1.807, 2.05) is 12.1 Å². The monoisotopic (exact) mass is 248 g/mol. The maximum Gasteiger partial charge on any atom is 0.258 e. The van der Waals surface area contributed by atoms with Gasteiger partial charge in [-0.1, -0.05) is 18.6 Å². The normalized spacial score (nSPS) is 16.7. The first-order valence-electron chi connectivity index (χ1n) is 6.43. The van der Waals surface area contributed by atoms with Crippen molar-refractivity contribution in [2.75, 3.05) is 12.3 Å². The third kappa shape index (κ3) is 3.15. The minimum absolute atomic E-state index is 0.0191. The highest BCUT2D eigenvalue weighted by molar-refractivity contribution is 5.78. The standard InChI is InChI=1S/C14H20N2O2/c1-10(11-5-4-6-11)16-14(17)9-18-13-8-3-2-7-12(13)15/h2-3,7-8,10-11H,4-6,9,15H2,1H3,(H,16,17). The second-order valence-corrected chi connectivity index (χ2v) is 4.87. The van der Waals surface area contributed by atoms with Gasteiger partial charge in [-0.25, -0.2) is 0 Å². The van der Waals surface area contributed by atoms with E-state index in [9.17, 15) is 4.79 Å². The number of ether oxygens (including phenoxy) is 1. The first-order chi connectivity index (χ1) is 8.66. The van der Waals surface area contributed by atoms with Crippen LogP contribution in [-0.4, -0.2) is 18.6 Å². The quantitative estimate of drug-likeness (QED) is 0.783. The van der Waals surface area contributed by atoms with E-state index < -0.39 is 0 Å². The number of carbonyl (C=O) groups is 1. The van der Waals surface area contributed by atoms with Crippen LogP contribution in [0.2, 0.25) is 0 Å². The van der Waals surface area contributed by atoms with Gasteiger partial charge in [0, 0.05) is 6.04 Å². The third-order valence-electron chi connectivity index (χ3n) is 3.52. The second kappa shape index (κ2) is 5.76. The zero-order valence-electron chi connectivity index (χ0n) is 10.7. The molecule has 0 radical (unpaired) electrons.